The topological polar surface area (TPSA) is 99.0 Å². The van der Waals surface area contributed by atoms with E-state index in [1.165, 1.54) is 0 Å². The van der Waals surface area contributed by atoms with Crippen molar-refractivity contribution in [2.24, 2.45) is 0 Å². The summed E-state index contributed by atoms with van der Waals surface area (Å²) in [6.45, 7) is -0.219. The molecule has 0 saturated carbocycles. The Morgan fingerprint density at radius 1 is 1.69 bits per heavy atom. The highest BCUT2D eigenvalue weighted by Crippen LogP contribution is 2.22. The van der Waals surface area contributed by atoms with E-state index in [-0.39, 0.29) is 19.4 Å². The van der Waals surface area contributed by atoms with Gasteiger partial charge in [-0.3, -0.25) is 4.79 Å². The summed E-state index contributed by atoms with van der Waals surface area (Å²) in [5, 5.41) is 30.0. The Morgan fingerprint density at radius 2 is 2.38 bits per heavy atom. The highest BCUT2D eigenvalue weighted by atomic mass is 16.5. The van der Waals surface area contributed by atoms with Crippen molar-refractivity contribution in [2.75, 3.05) is 13.2 Å². The van der Waals surface area contributed by atoms with Gasteiger partial charge < -0.3 is 25.4 Å². The van der Waals surface area contributed by atoms with E-state index in [1.807, 2.05) is 0 Å². The molecule has 4 N–H and O–H groups in total. The first-order valence-electron chi connectivity index (χ1n) is 3.99. The Kier molecular flexibility index (Phi) is 3.21. The molecule has 0 aromatic rings. The SMILES string of the molecule is O=CN[C@]1(O)[C@H](O)CCO[C@@H]1CO. The van der Waals surface area contributed by atoms with Crippen molar-refractivity contribution in [3.05, 3.63) is 0 Å². The van der Waals surface area contributed by atoms with E-state index in [1.54, 1.807) is 0 Å². The van der Waals surface area contributed by atoms with Crippen LogP contribution in [-0.2, 0) is 9.53 Å². The van der Waals surface area contributed by atoms with E-state index in [0.29, 0.717) is 0 Å². The van der Waals surface area contributed by atoms with Gasteiger partial charge in [-0.1, -0.05) is 0 Å². The second kappa shape index (κ2) is 4.01. The fraction of sp³-hybridized carbons (Fsp3) is 0.857. The fourth-order valence-corrected chi connectivity index (χ4v) is 1.36. The van der Waals surface area contributed by atoms with E-state index in [9.17, 15) is 15.0 Å². The second-order valence-corrected chi connectivity index (χ2v) is 2.93. The van der Waals surface area contributed by atoms with Crippen LogP contribution in [0.5, 0.6) is 0 Å². The molecule has 0 spiro atoms. The fourth-order valence-electron chi connectivity index (χ4n) is 1.36. The van der Waals surface area contributed by atoms with Crippen molar-refractivity contribution in [2.45, 2.75) is 24.4 Å². The van der Waals surface area contributed by atoms with Crippen LogP contribution in [0.1, 0.15) is 6.42 Å². The van der Waals surface area contributed by atoms with Crippen molar-refractivity contribution >= 4 is 6.41 Å². The van der Waals surface area contributed by atoms with E-state index < -0.39 is 24.5 Å². The summed E-state index contributed by atoms with van der Waals surface area (Å²) in [5.41, 5.74) is -1.88. The number of aliphatic hydroxyl groups is 3. The zero-order chi connectivity index (χ0) is 9.90. The number of nitrogens with one attached hydrogen (secondary N) is 1. The van der Waals surface area contributed by atoms with Gasteiger partial charge in [-0.2, -0.15) is 0 Å². The summed E-state index contributed by atoms with van der Waals surface area (Å²) in [7, 11) is 0. The molecule has 6 heteroatoms. The van der Waals surface area contributed by atoms with Gasteiger partial charge in [0.25, 0.3) is 0 Å². The summed E-state index contributed by atoms with van der Waals surface area (Å²) in [4.78, 5) is 10.2. The van der Waals surface area contributed by atoms with Crippen molar-refractivity contribution in [1.29, 1.82) is 0 Å². The third kappa shape index (κ3) is 1.80. The number of aliphatic hydroxyl groups excluding tert-OH is 2. The van der Waals surface area contributed by atoms with Gasteiger partial charge in [0.15, 0.2) is 5.72 Å². The second-order valence-electron chi connectivity index (χ2n) is 2.93. The Morgan fingerprint density at radius 3 is 2.92 bits per heavy atom. The molecule has 0 aromatic heterocycles. The van der Waals surface area contributed by atoms with E-state index in [4.69, 9.17) is 9.84 Å². The van der Waals surface area contributed by atoms with Gasteiger partial charge in [-0.25, -0.2) is 0 Å². The minimum atomic E-state index is -1.88. The van der Waals surface area contributed by atoms with Crippen LogP contribution >= 0.6 is 0 Å². The standard InChI is InChI=1S/C7H13NO5/c9-3-6-7(12,8-4-10)5(11)1-2-13-6/h4-6,9,11-12H,1-3H2,(H,8,10)/t5-,6-,7+/m1/s1. The van der Waals surface area contributed by atoms with Gasteiger partial charge >= 0.3 is 0 Å². The number of hydrogen-bond donors (Lipinski definition) is 4. The minimum Gasteiger partial charge on any atom is -0.393 e. The highest BCUT2D eigenvalue weighted by molar-refractivity contribution is 5.48. The first kappa shape index (κ1) is 10.4. The lowest BCUT2D eigenvalue weighted by Gasteiger charge is -2.41. The molecular formula is C7H13NO5. The van der Waals surface area contributed by atoms with Crippen LogP contribution < -0.4 is 5.32 Å². The van der Waals surface area contributed by atoms with Crippen molar-refractivity contribution in [1.82, 2.24) is 5.32 Å². The molecule has 1 fully saturated rings. The van der Waals surface area contributed by atoms with Crippen LogP contribution in [0.4, 0.5) is 0 Å². The monoisotopic (exact) mass is 191 g/mol. The highest BCUT2D eigenvalue weighted by Gasteiger charge is 2.46. The molecule has 76 valence electrons. The number of ether oxygens (including phenoxy) is 1. The molecule has 0 unspecified atom stereocenters. The lowest BCUT2D eigenvalue weighted by atomic mass is 9.95. The van der Waals surface area contributed by atoms with Crippen LogP contribution in [0.2, 0.25) is 0 Å². The Labute approximate surface area is 75.1 Å². The van der Waals surface area contributed by atoms with Gasteiger partial charge in [0, 0.05) is 13.0 Å². The van der Waals surface area contributed by atoms with Gasteiger partial charge in [0.2, 0.25) is 6.41 Å². The first-order valence-corrected chi connectivity index (χ1v) is 3.99. The lowest BCUT2D eigenvalue weighted by Crippen LogP contribution is -2.66. The average Bonchev–Trinajstić information content (AvgIpc) is 2.10. The molecule has 1 rings (SSSR count). The average molecular weight is 191 g/mol. The van der Waals surface area contributed by atoms with Gasteiger partial charge in [-0.15, -0.1) is 0 Å². The summed E-state index contributed by atoms with van der Waals surface area (Å²) < 4.78 is 4.98. The predicted octanol–water partition coefficient (Wildman–Crippen LogP) is -2.44. The molecule has 1 aliphatic rings. The Balaban J connectivity index is 2.76. The molecule has 1 amide bonds. The quantitative estimate of drug-likeness (QED) is 0.293. The molecule has 0 bridgehead atoms. The molecule has 1 aliphatic heterocycles. The molecule has 1 heterocycles. The maximum Gasteiger partial charge on any atom is 0.209 e. The molecule has 1 saturated heterocycles. The number of hydrogen-bond acceptors (Lipinski definition) is 5. The van der Waals surface area contributed by atoms with Crippen LogP contribution in [-0.4, -0.2) is 52.9 Å². The number of amides is 1. The van der Waals surface area contributed by atoms with Crippen molar-refractivity contribution in [3.63, 3.8) is 0 Å². The van der Waals surface area contributed by atoms with Crippen LogP contribution in [0, 0.1) is 0 Å². The van der Waals surface area contributed by atoms with Crippen LogP contribution in [0.25, 0.3) is 0 Å². The lowest BCUT2D eigenvalue weighted by molar-refractivity contribution is -0.224. The summed E-state index contributed by atoms with van der Waals surface area (Å²) in [6, 6.07) is 0. The molecule has 0 radical (unpaired) electrons. The maximum absolute atomic E-state index is 10.2. The van der Waals surface area contributed by atoms with E-state index in [2.05, 4.69) is 5.32 Å². The number of carbonyl (C=O) groups is 1. The Bertz CT molecular complexity index is 188. The maximum atomic E-state index is 10.2. The van der Waals surface area contributed by atoms with E-state index >= 15 is 0 Å². The predicted molar refractivity (Wildman–Crippen MR) is 41.6 cm³/mol. The largest absolute Gasteiger partial charge is 0.393 e. The first-order chi connectivity index (χ1) is 6.15. The van der Waals surface area contributed by atoms with Crippen molar-refractivity contribution < 1.29 is 24.9 Å². The van der Waals surface area contributed by atoms with Crippen LogP contribution in [0.3, 0.4) is 0 Å². The molecule has 13 heavy (non-hydrogen) atoms. The third-order valence-electron chi connectivity index (χ3n) is 2.17. The smallest absolute Gasteiger partial charge is 0.209 e. The zero-order valence-electron chi connectivity index (χ0n) is 7.01. The number of rotatable bonds is 3. The van der Waals surface area contributed by atoms with Gasteiger partial charge in [0.1, 0.15) is 12.2 Å². The Hall–Kier alpha value is -0.690. The van der Waals surface area contributed by atoms with Gasteiger partial charge in [0.05, 0.1) is 6.61 Å². The molecule has 0 aliphatic carbocycles. The third-order valence-corrected chi connectivity index (χ3v) is 2.17. The van der Waals surface area contributed by atoms with Crippen molar-refractivity contribution in [3.8, 4) is 0 Å². The summed E-state index contributed by atoms with van der Waals surface area (Å²) in [5.74, 6) is 0. The van der Waals surface area contributed by atoms with E-state index in [0.717, 1.165) is 0 Å². The molecular weight excluding hydrogens is 178 g/mol. The van der Waals surface area contributed by atoms with Gasteiger partial charge in [-0.05, 0) is 0 Å². The number of carbonyl (C=O) groups excluding carboxylic acids is 1. The summed E-state index contributed by atoms with van der Waals surface area (Å²) in [6.07, 6.45) is -1.63. The molecule has 0 aromatic carbocycles. The minimum absolute atomic E-state index is 0.216. The van der Waals surface area contributed by atoms with Crippen LogP contribution in [0.15, 0.2) is 0 Å². The molecule has 3 atom stereocenters. The normalized spacial score (nSPS) is 39.9. The molecule has 6 nitrogen and oxygen atoms in total. The zero-order valence-corrected chi connectivity index (χ0v) is 7.01. The summed E-state index contributed by atoms with van der Waals surface area (Å²) >= 11 is 0.